The van der Waals surface area contributed by atoms with Crippen molar-refractivity contribution in [3.8, 4) is 11.5 Å². The number of unbranched alkanes of at least 4 members (excludes halogenated alkanes) is 2. The van der Waals surface area contributed by atoms with Crippen molar-refractivity contribution in [1.82, 2.24) is 4.90 Å². The number of amides is 1. The summed E-state index contributed by atoms with van der Waals surface area (Å²) in [6.45, 7) is 6.26. The van der Waals surface area contributed by atoms with Gasteiger partial charge >= 0.3 is 0 Å². The number of aromatic hydroxyl groups is 2. The summed E-state index contributed by atoms with van der Waals surface area (Å²) in [5, 5.41) is 21.4. The fourth-order valence-electron chi connectivity index (χ4n) is 5.12. The molecule has 178 valence electrons. The van der Waals surface area contributed by atoms with Gasteiger partial charge in [-0.15, -0.1) is 0 Å². The van der Waals surface area contributed by atoms with E-state index >= 15 is 0 Å². The lowest BCUT2D eigenvalue weighted by atomic mass is 9.84. The molecule has 7 heteroatoms. The Bertz CT molecular complexity index is 983. The third-order valence-corrected chi connectivity index (χ3v) is 9.17. The van der Waals surface area contributed by atoms with Gasteiger partial charge in [0.15, 0.2) is 9.84 Å². The molecule has 3 rings (SSSR count). The highest BCUT2D eigenvalue weighted by Crippen LogP contribution is 2.46. The van der Waals surface area contributed by atoms with Gasteiger partial charge in [0, 0.05) is 31.5 Å². The maximum absolute atomic E-state index is 13.8. The second kappa shape index (κ2) is 10.3. The molecule has 1 amide bonds. The number of benzene rings is 1. The van der Waals surface area contributed by atoms with Crippen LogP contribution in [0.1, 0.15) is 89.2 Å². The number of phenolic OH excluding ortho intramolecular Hbond substituents is 2. The maximum Gasteiger partial charge on any atom is 0.219 e. The molecule has 1 aliphatic carbocycles. The molecule has 32 heavy (non-hydrogen) atoms. The number of likely N-dealkylation sites (tertiary alicyclic amines) is 1. The summed E-state index contributed by atoms with van der Waals surface area (Å²) in [6.07, 6.45) is 8.96. The van der Waals surface area contributed by atoms with E-state index in [0.717, 1.165) is 38.5 Å². The third-order valence-electron chi connectivity index (χ3n) is 6.89. The summed E-state index contributed by atoms with van der Waals surface area (Å²) < 4.78 is 27.7. The number of hydrogen-bond donors (Lipinski definition) is 2. The average Bonchev–Trinajstić information content (AvgIpc) is 2.73. The van der Waals surface area contributed by atoms with Crippen molar-refractivity contribution in [2.75, 3.05) is 13.1 Å². The Morgan fingerprint density at radius 3 is 2.59 bits per heavy atom. The van der Waals surface area contributed by atoms with E-state index < -0.39 is 15.1 Å². The Morgan fingerprint density at radius 2 is 1.94 bits per heavy atom. The molecule has 1 aromatic carbocycles. The van der Waals surface area contributed by atoms with E-state index in [0.29, 0.717) is 36.9 Å². The van der Waals surface area contributed by atoms with Crippen molar-refractivity contribution in [2.24, 2.45) is 0 Å². The Balaban J connectivity index is 2.11. The molecule has 0 radical (unpaired) electrons. The Labute approximate surface area is 192 Å². The maximum atomic E-state index is 13.8. The van der Waals surface area contributed by atoms with Crippen LogP contribution in [0, 0.1) is 0 Å². The van der Waals surface area contributed by atoms with E-state index in [1.807, 2.05) is 13.0 Å². The second-order valence-electron chi connectivity index (χ2n) is 9.39. The number of sulfone groups is 1. The molecule has 2 atom stereocenters. The Kier molecular flexibility index (Phi) is 7.91. The lowest BCUT2D eigenvalue weighted by molar-refractivity contribution is -0.129. The molecule has 0 aromatic heterocycles. The smallest absolute Gasteiger partial charge is 0.219 e. The molecular formula is C25H37NO5S. The molecule has 0 spiro atoms. The van der Waals surface area contributed by atoms with E-state index in [1.54, 1.807) is 11.0 Å². The predicted molar refractivity (Wildman–Crippen MR) is 126 cm³/mol. The molecular weight excluding hydrogens is 426 g/mol. The summed E-state index contributed by atoms with van der Waals surface area (Å²) in [6, 6.07) is 1.56. The number of carbonyl (C=O) groups excluding carboxylic acids is 1. The first kappa shape index (κ1) is 24.6. The molecule has 1 heterocycles. The average molecular weight is 464 g/mol. The normalized spacial score (nSPS) is 22.0. The minimum absolute atomic E-state index is 0.0297. The van der Waals surface area contributed by atoms with Crippen LogP contribution in [0.4, 0.5) is 0 Å². The number of nitrogens with zero attached hydrogens (tertiary/aromatic N) is 1. The molecule has 2 aliphatic rings. The predicted octanol–water partition coefficient (Wildman–Crippen LogP) is 4.83. The first-order chi connectivity index (χ1) is 15.2. The minimum Gasteiger partial charge on any atom is -0.507 e. The molecule has 2 N–H and O–H groups in total. The Morgan fingerprint density at radius 1 is 1.19 bits per heavy atom. The van der Waals surface area contributed by atoms with Gasteiger partial charge in [0.2, 0.25) is 5.91 Å². The number of carbonyl (C=O) groups is 1. The zero-order valence-electron chi connectivity index (χ0n) is 19.6. The highest BCUT2D eigenvalue weighted by molar-refractivity contribution is 7.92. The van der Waals surface area contributed by atoms with Gasteiger partial charge in [0.05, 0.1) is 5.25 Å². The number of hydrogen-bond acceptors (Lipinski definition) is 5. The molecule has 0 saturated carbocycles. The molecule has 6 nitrogen and oxygen atoms in total. The van der Waals surface area contributed by atoms with Crippen molar-refractivity contribution in [3.63, 3.8) is 0 Å². The van der Waals surface area contributed by atoms with Crippen LogP contribution < -0.4 is 0 Å². The van der Waals surface area contributed by atoms with Crippen LogP contribution in [-0.2, 0) is 21.1 Å². The molecule has 1 saturated heterocycles. The van der Waals surface area contributed by atoms with Crippen LogP contribution in [0.15, 0.2) is 22.6 Å². The molecule has 1 aliphatic heterocycles. The standard InChI is InChI=1S/C25H37NO5S/c1-4-5-6-10-20-15-22(28)23(19-11-7-9-17(2)14-19)24(29)25(20)32(30,31)21-12-8-13-26(16-21)18(3)27/h14-15,19,21,28-29H,4-13,16H2,1-3H3. The van der Waals surface area contributed by atoms with E-state index in [4.69, 9.17) is 0 Å². The van der Waals surface area contributed by atoms with E-state index in [2.05, 4.69) is 6.92 Å². The van der Waals surface area contributed by atoms with Crippen molar-refractivity contribution in [1.29, 1.82) is 0 Å². The van der Waals surface area contributed by atoms with Gasteiger partial charge in [0.25, 0.3) is 0 Å². The molecule has 1 aromatic rings. The van der Waals surface area contributed by atoms with E-state index in [9.17, 15) is 23.4 Å². The van der Waals surface area contributed by atoms with Crippen LogP contribution in [0.25, 0.3) is 0 Å². The van der Waals surface area contributed by atoms with Crippen LogP contribution >= 0.6 is 0 Å². The van der Waals surface area contributed by atoms with Crippen LogP contribution in [-0.4, -0.2) is 47.8 Å². The zero-order chi connectivity index (χ0) is 23.5. The molecule has 0 bridgehead atoms. The summed E-state index contributed by atoms with van der Waals surface area (Å²) in [5.74, 6) is -0.667. The number of aryl methyl sites for hydroxylation is 1. The van der Waals surface area contributed by atoms with Gasteiger partial charge in [0.1, 0.15) is 16.4 Å². The van der Waals surface area contributed by atoms with Crippen molar-refractivity contribution in [3.05, 3.63) is 28.8 Å². The highest BCUT2D eigenvalue weighted by Gasteiger charge is 2.38. The monoisotopic (exact) mass is 463 g/mol. The summed E-state index contributed by atoms with van der Waals surface area (Å²) in [7, 11) is -3.89. The van der Waals surface area contributed by atoms with Gasteiger partial charge in [-0.2, -0.15) is 0 Å². The van der Waals surface area contributed by atoms with E-state index in [-0.39, 0.29) is 34.8 Å². The lowest BCUT2D eigenvalue weighted by Crippen LogP contribution is -2.44. The van der Waals surface area contributed by atoms with Gasteiger partial charge in [-0.05, 0) is 63.5 Å². The third kappa shape index (κ3) is 5.13. The SMILES string of the molecule is CCCCCc1cc(O)c(C2C=C(C)CCC2)c(O)c1S(=O)(=O)C1CCCN(C(C)=O)C1. The second-order valence-corrected chi connectivity index (χ2v) is 11.6. The number of rotatable bonds is 7. The molecule has 1 fully saturated rings. The van der Waals surface area contributed by atoms with Crippen molar-refractivity contribution in [2.45, 2.75) is 94.6 Å². The van der Waals surface area contributed by atoms with Crippen LogP contribution in [0.2, 0.25) is 0 Å². The van der Waals surface area contributed by atoms with Gasteiger partial charge in [-0.25, -0.2) is 8.42 Å². The largest absolute Gasteiger partial charge is 0.507 e. The Hall–Kier alpha value is -2.02. The number of phenols is 2. The summed E-state index contributed by atoms with van der Waals surface area (Å²) >= 11 is 0. The summed E-state index contributed by atoms with van der Waals surface area (Å²) in [5.41, 5.74) is 1.98. The summed E-state index contributed by atoms with van der Waals surface area (Å²) in [4.78, 5) is 13.4. The number of piperidine rings is 1. The van der Waals surface area contributed by atoms with Gasteiger partial charge in [-0.1, -0.05) is 31.4 Å². The van der Waals surface area contributed by atoms with Crippen molar-refractivity contribution >= 4 is 15.7 Å². The van der Waals surface area contributed by atoms with Gasteiger partial charge < -0.3 is 15.1 Å². The van der Waals surface area contributed by atoms with Crippen LogP contribution in [0.5, 0.6) is 11.5 Å². The minimum atomic E-state index is -3.89. The highest BCUT2D eigenvalue weighted by atomic mass is 32.2. The number of allylic oxidation sites excluding steroid dienone is 2. The quantitative estimate of drug-likeness (QED) is 0.446. The fourth-order valence-corrected chi connectivity index (χ4v) is 7.21. The fraction of sp³-hybridized carbons (Fsp3) is 0.640. The zero-order valence-corrected chi connectivity index (χ0v) is 20.4. The molecule has 2 unspecified atom stereocenters. The van der Waals surface area contributed by atoms with Crippen LogP contribution in [0.3, 0.4) is 0 Å². The lowest BCUT2D eigenvalue weighted by Gasteiger charge is -2.32. The first-order valence-electron chi connectivity index (χ1n) is 11.9. The topological polar surface area (TPSA) is 94.9 Å². The van der Waals surface area contributed by atoms with Crippen molar-refractivity contribution < 1.29 is 23.4 Å². The first-order valence-corrected chi connectivity index (χ1v) is 13.5. The van der Waals surface area contributed by atoms with E-state index in [1.165, 1.54) is 12.5 Å². The van der Waals surface area contributed by atoms with Gasteiger partial charge in [-0.3, -0.25) is 4.79 Å².